The van der Waals surface area contributed by atoms with E-state index in [9.17, 15) is 9.59 Å². The summed E-state index contributed by atoms with van der Waals surface area (Å²) in [6, 6.07) is 18.5. The Kier molecular flexibility index (Phi) is 7.45. The van der Waals surface area contributed by atoms with Gasteiger partial charge in [-0.05, 0) is 48.9 Å². The average Bonchev–Trinajstić information content (AvgIpc) is 3.52. The largest absolute Gasteiger partial charge is 0.495 e. The van der Waals surface area contributed by atoms with Crippen molar-refractivity contribution in [3.63, 3.8) is 0 Å². The molecule has 1 fully saturated rings. The number of anilines is 1. The second-order valence-electron chi connectivity index (χ2n) is 8.49. The van der Waals surface area contributed by atoms with Crippen LogP contribution in [0.15, 0.2) is 66.0 Å². The van der Waals surface area contributed by atoms with E-state index in [2.05, 4.69) is 5.32 Å². The van der Waals surface area contributed by atoms with E-state index >= 15 is 0 Å². The monoisotopic (exact) mass is 462 g/mol. The van der Waals surface area contributed by atoms with E-state index in [1.54, 1.807) is 12.0 Å². The summed E-state index contributed by atoms with van der Waals surface area (Å²) in [4.78, 5) is 30.1. The van der Waals surface area contributed by atoms with E-state index in [-0.39, 0.29) is 24.3 Å². The van der Waals surface area contributed by atoms with E-state index in [1.807, 2.05) is 73.0 Å². The van der Waals surface area contributed by atoms with Crippen LogP contribution in [0.2, 0.25) is 0 Å². The molecule has 0 unspecified atom stereocenters. The zero-order chi connectivity index (χ0) is 23.2. The smallest absolute Gasteiger partial charge is 0.248 e. The SMILES string of the molecule is COc1ccccc1N(C(=O)Cc1cccs1)[C@@H](C(=O)NC1CCCC1)c1ccc(C)cc1. The number of carbonyl (C=O) groups excluding carboxylic acids is 2. The predicted octanol–water partition coefficient (Wildman–Crippen LogP) is 5.44. The number of ether oxygens (including phenoxy) is 1. The highest BCUT2D eigenvalue weighted by atomic mass is 32.1. The molecule has 1 heterocycles. The Morgan fingerprint density at radius 2 is 1.79 bits per heavy atom. The molecule has 33 heavy (non-hydrogen) atoms. The van der Waals surface area contributed by atoms with Gasteiger partial charge in [0.25, 0.3) is 0 Å². The second-order valence-corrected chi connectivity index (χ2v) is 9.53. The molecule has 1 saturated carbocycles. The van der Waals surface area contributed by atoms with Crippen LogP contribution in [0.4, 0.5) is 5.69 Å². The summed E-state index contributed by atoms with van der Waals surface area (Å²) in [7, 11) is 1.58. The molecule has 1 aliphatic rings. The molecule has 6 heteroatoms. The third kappa shape index (κ3) is 5.45. The van der Waals surface area contributed by atoms with Crippen molar-refractivity contribution < 1.29 is 14.3 Å². The van der Waals surface area contributed by atoms with Crippen molar-refractivity contribution in [2.24, 2.45) is 0 Å². The van der Waals surface area contributed by atoms with Crippen LogP contribution < -0.4 is 15.0 Å². The van der Waals surface area contributed by atoms with Crippen LogP contribution in [0.1, 0.15) is 47.7 Å². The van der Waals surface area contributed by atoms with E-state index in [0.717, 1.165) is 41.7 Å². The molecular weight excluding hydrogens is 432 g/mol. The molecule has 1 aromatic heterocycles. The molecule has 5 nitrogen and oxygen atoms in total. The van der Waals surface area contributed by atoms with Crippen LogP contribution in [0.25, 0.3) is 0 Å². The topological polar surface area (TPSA) is 58.6 Å². The Bertz CT molecular complexity index is 1070. The minimum atomic E-state index is -0.796. The molecule has 2 amide bonds. The summed E-state index contributed by atoms with van der Waals surface area (Å²) in [5.74, 6) is 0.257. The number of nitrogens with zero attached hydrogens (tertiary/aromatic N) is 1. The van der Waals surface area contributed by atoms with Gasteiger partial charge in [-0.15, -0.1) is 11.3 Å². The maximum atomic E-state index is 13.8. The zero-order valence-electron chi connectivity index (χ0n) is 19.1. The van der Waals surface area contributed by atoms with Gasteiger partial charge < -0.3 is 10.1 Å². The number of nitrogens with one attached hydrogen (secondary N) is 1. The molecule has 0 spiro atoms. The van der Waals surface area contributed by atoms with Crippen LogP contribution in [-0.4, -0.2) is 25.0 Å². The predicted molar refractivity (Wildman–Crippen MR) is 133 cm³/mol. The molecule has 1 N–H and O–H groups in total. The third-order valence-corrected chi connectivity index (χ3v) is 7.00. The first-order valence-corrected chi connectivity index (χ1v) is 12.3. The lowest BCUT2D eigenvalue weighted by molar-refractivity contribution is -0.127. The third-order valence-electron chi connectivity index (χ3n) is 6.12. The number of hydrogen-bond donors (Lipinski definition) is 1. The van der Waals surface area contributed by atoms with Gasteiger partial charge in [0.15, 0.2) is 0 Å². The van der Waals surface area contributed by atoms with Gasteiger partial charge in [0.1, 0.15) is 11.8 Å². The summed E-state index contributed by atoms with van der Waals surface area (Å²) in [5.41, 5.74) is 2.47. The second kappa shape index (κ2) is 10.7. The van der Waals surface area contributed by atoms with E-state index in [4.69, 9.17) is 4.74 Å². The molecule has 172 valence electrons. The minimum Gasteiger partial charge on any atom is -0.495 e. The van der Waals surface area contributed by atoms with Gasteiger partial charge in [0.05, 0.1) is 19.2 Å². The van der Waals surface area contributed by atoms with Crippen molar-refractivity contribution in [1.29, 1.82) is 0 Å². The van der Waals surface area contributed by atoms with Crippen LogP contribution >= 0.6 is 11.3 Å². The summed E-state index contributed by atoms with van der Waals surface area (Å²) >= 11 is 1.54. The van der Waals surface area contributed by atoms with Crippen molar-refractivity contribution in [1.82, 2.24) is 5.32 Å². The quantitative estimate of drug-likeness (QED) is 0.485. The van der Waals surface area contributed by atoms with E-state index in [1.165, 1.54) is 11.3 Å². The highest BCUT2D eigenvalue weighted by Crippen LogP contribution is 2.36. The van der Waals surface area contributed by atoms with Crippen molar-refractivity contribution in [2.45, 2.75) is 51.1 Å². The molecule has 0 aliphatic heterocycles. The molecule has 4 rings (SSSR count). The summed E-state index contributed by atoms with van der Waals surface area (Å²) in [5, 5.41) is 5.18. The first kappa shape index (κ1) is 23.1. The fraction of sp³-hybridized carbons (Fsp3) is 0.333. The standard InChI is InChI=1S/C27H30N2O3S/c1-19-13-15-20(16-14-19)26(27(31)28-21-8-3-4-9-21)29(23-11-5-6-12-24(23)32-2)25(30)18-22-10-7-17-33-22/h5-7,10-17,21,26H,3-4,8-9,18H2,1-2H3,(H,28,31)/t26-/m1/s1. The number of benzene rings is 2. The van der Waals surface area contributed by atoms with Crippen molar-refractivity contribution in [3.05, 3.63) is 82.0 Å². The Morgan fingerprint density at radius 3 is 2.45 bits per heavy atom. The molecule has 3 aromatic rings. The van der Waals surface area contributed by atoms with Gasteiger partial charge in [-0.25, -0.2) is 0 Å². The van der Waals surface area contributed by atoms with Crippen molar-refractivity contribution in [2.75, 3.05) is 12.0 Å². The Morgan fingerprint density at radius 1 is 1.06 bits per heavy atom. The number of amides is 2. The Hall–Kier alpha value is -3.12. The van der Waals surface area contributed by atoms with E-state index in [0.29, 0.717) is 11.4 Å². The summed E-state index contributed by atoms with van der Waals surface area (Å²) in [6.07, 6.45) is 4.41. The minimum absolute atomic E-state index is 0.144. The van der Waals surface area contributed by atoms with Gasteiger partial charge >= 0.3 is 0 Å². The highest BCUT2D eigenvalue weighted by molar-refractivity contribution is 7.10. The first-order valence-electron chi connectivity index (χ1n) is 11.4. The maximum Gasteiger partial charge on any atom is 0.248 e. The molecule has 0 saturated heterocycles. The fourth-order valence-corrected chi connectivity index (χ4v) is 5.11. The lowest BCUT2D eigenvalue weighted by Gasteiger charge is -2.33. The molecule has 1 atom stereocenters. The van der Waals surface area contributed by atoms with Crippen LogP contribution in [0, 0.1) is 6.92 Å². The number of thiophene rings is 1. The average molecular weight is 463 g/mol. The van der Waals surface area contributed by atoms with Gasteiger partial charge in [-0.2, -0.15) is 0 Å². The molecular formula is C27H30N2O3S. The molecule has 0 radical (unpaired) electrons. The number of carbonyl (C=O) groups is 2. The van der Waals surface area contributed by atoms with Gasteiger partial charge in [-0.1, -0.05) is 60.9 Å². The number of hydrogen-bond acceptors (Lipinski definition) is 4. The van der Waals surface area contributed by atoms with Crippen molar-refractivity contribution >= 4 is 28.8 Å². The van der Waals surface area contributed by atoms with E-state index < -0.39 is 6.04 Å². The van der Waals surface area contributed by atoms with Gasteiger partial charge in [0.2, 0.25) is 11.8 Å². The number of aryl methyl sites for hydroxylation is 1. The van der Waals surface area contributed by atoms with Crippen molar-refractivity contribution in [3.8, 4) is 5.75 Å². The molecule has 0 bridgehead atoms. The molecule has 1 aliphatic carbocycles. The highest BCUT2D eigenvalue weighted by Gasteiger charge is 2.35. The van der Waals surface area contributed by atoms with Crippen LogP contribution in [-0.2, 0) is 16.0 Å². The number of rotatable bonds is 8. The normalized spacial score (nSPS) is 14.6. The van der Waals surface area contributed by atoms with Crippen LogP contribution in [0.3, 0.4) is 0 Å². The lowest BCUT2D eigenvalue weighted by Crippen LogP contribution is -2.47. The summed E-state index contributed by atoms with van der Waals surface area (Å²) < 4.78 is 5.61. The number of para-hydroxylation sites is 2. The Balaban J connectivity index is 1.79. The van der Waals surface area contributed by atoms with Crippen LogP contribution in [0.5, 0.6) is 5.75 Å². The summed E-state index contributed by atoms with van der Waals surface area (Å²) in [6.45, 7) is 2.01. The maximum absolute atomic E-state index is 13.8. The van der Waals surface area contributed by atoms with Gasteiger partial charge in [0, 0.05) is 10.9 Å². The number of methoxy groups -OCH3 is 1. The fourth-order valence-electron chi connectivity index (χ4n) is 4.41. The molecule has 2 aromatic carbocycles. The zero-order valence-corrected chi connectivity index (χ0v) is 19.9. The Labute approximate surface area is 199 Å². The first-order chi connectivity index (χ1) is 16.1. The van der Waals surface area contributed by atoms with Gasteiger partial charge in [-0.3, -0.25) is 14.5 Å². The lowest BCUT2D eigenvalue weighted by atomic mass is 10.0.